The molecule has 0 bridgehead atoms. The number of hydrogen-bond acceptors (Lipinski definition) is 4. The quantitative estimate of drug-likeness (QED) is 0.426. The number of H-pyrrole nitrogens is 1. The Hall–Kier alpha value is -3.42. The molecule has 3 aromatic rings. The van der Waals surface area contributed by atoms with E-state index in [1.807, 2.05) is 12.1 Å². The average molecular weight is 337 g/mol. The number of guanidine groups is 1. The summed E-state index contributed by atoms with van der Waals surface area (Å²) in [6.07, 6.45) is 3.26. The van der Waals surface area contributed by atoms with E-state index in [9.17, 15) is 4.79 Å². The summed E-state index contributed by atoms with van der Waals surface area (Å²) in [5.74, 6) is 0.530. The molecule has 0 aliphatic carbocycles. The molecule has 0 radical (unpaired) electrons. The molecule has 25 heavy (non-hydrogen) atoms. The Bertz CT molecular complexity index is 899. The van der Waals surface area contributed by atoms with Crippen molar-refractivity contribution in [2.24, 2.45) is 4.99 Å². The summed E-state index contributed by atoms with van der Waals surface area (Å²) in [7, 11) is 3.52. The topological polar surface area (TPSA) is 107 Å². The van der Waals surface area contributed by atoms with Gasteiger partial charge in [-0.1, -0.05) is 12.1 Å². The van der Waals surface area contributed by atoms with E-state index in [0.717, 1.165) is 10.9 Å². The van der Waals surface area contributed by atoms with Crippen molar-refractivity contribution >= 4 is 28.6 Å². The summed E-state index contributed by atoms with van der Waals surface area (Å²) in [4.78, 5) is 20.6. The van der Waals surface area contributed by atoms with Crippen molar-refractivity contribution in [3.05, 3.63) is 53.9 Å². The van der Waals surface area contributed by atoms with Gasteiger partial charge in [0, 0.05) is 32.4 Å². The number of rotatable bonds is 4. The van der Waals surface area contributed by atoms with Gasteiger partial charge in [-0.2, -0.15) is 5.10 Å². The summed E-state index contributed by atoms with van der Waals surface area (Å²) in [6.45, 7) is 0.620. The van der Waals surface area contributed by atoms with Crippen LogP contribution in [0.4, 0.5) is 5.69 Å². The first-order chi connectivity index (χ1) is 12.2. The first-order valence-electron chi connectivity index (χ1n) is 7.78. The lowest BCUT2D eigenvalue weighted by Gasteiger charge is -2.09. The maximum atomic E-state index is 12.4. The van der Waals surface area contributed by atoms with Crippen LogP contribution in [0.3, 0.4) is 0 Å². The molecule has 0 unspecified atom stereocenters. The number of fused-ring (bicyclic) bond motifs is 1. The van der Waals surface area contributed by atoms with E-state index >= 15 is 0 Å². The van der Waals surface area contributed by atoms with Crippen LogP contribution < -0.4 is 16.0 Å². The highest BCUT2D eigenvalue weighted by Crippen LogP contribution is 2.19. The van der Waals surface area contributed by atoms with E-state index in [1.165, 1.54) is 0 Å². The van der Waals surface area contributed by atoms with Crippen LogP contribution in [0.5, 0.6) is 0 Å². The molecule has 0 saturated carbocycles. The molecule has 128 valence electrons. The number of nitrogens with zero attached hydrogens (tertiary/aromatic N) is 3. The van der Waals surface area contributed by atoms with Crippen molar-refractivity contribution in [1.82, 2.24) is 25.8 Å². The molecule has 0 saturated heterocycles. The molecule has 0 fully saturated rings. The van der Waals surface area contributed by atoms with Gasteiger partial charge in [-0.05, 0) is 23.8 Å². The number of carbonyl (C=O) groups excluding carboxylic acids is 1. The number of aromatic nitrogens is 3. The molecule has 2 aromatic heterocycles. The van der Waals surface area contributed by atoms with Crippen LogP contribution in [-0.2, 0) is 6.54 Å². The van der Waals surface area contributed by atoms with E-state index in [4.69, 9.17) is 0 Å². The highest BCUT2D eigenvalue weighted by atomic mass is 16.1. The predicted molar refractivity (Wildman–Crippen MR) is 97.5 cm³/mol. The Balaban J connectivity index is 1.67. The van der Waals surface area contributed by atoms with E-state index in [2.05, 4.69) is 36.1 Å². The minimum atomic E-state index is -0.181. The van der Waals surface area contributed by atoms with Crippen LogP contribution in [0, 0.1) is 0 Å². The summed E-state index contributed by atoms with van der Waals surface area (Å²) in [5, 5.41) is 16.5. The first-order valence-corrected chi connectivity index (χ1v) is 7.78. The van der Waals surface area contributed by atoms with E-state index < -0.39 is 0 Å². The molecule has 0 atom stereocenters. The van der Waals surface area contributed by atoms with Crippen molar-refractivity contribution in [3.63, 3.8) is 0 Å². The molecular formula is C17H19N7O. The van der Waals surface area contributed by atoms with Crippen molar-refractivity contribution in [3.8, 4) is 0 Å². The summed E-state index contributed by atoms with van der Waals surface area (Å²) >= 11 is 0. The third kappa shape index (κ3) is 3.74. The highest BCUT2D eigenvalue weighted by molar-refractivity contribution is 6.08. The van der Waals surface area contributed by atoms with E-state index in [1.54, 1.807) is 44.7 Å². The van der Waals surface area contributed by atoms with Gasteiger partial charge in [0.25, 0.3) is 5.91 Å². The van der Waals surface area contributed by atoms with E-state index in [0.29, 0.717) is 29.4 Å². The third-order valence-electron chi connectivity index (χ3n) is 3.74. The average Bonchev–Trinajstić information content (AvgIpc) is 3.13. The molecule has 1 amide bonds. The lowest BCUT2D eigenvalue weighted by atomic mass is 10.1. The summed E-state index contributed by atoms with van der Waals surface area (Å²) < 4.78 is 0. The number of amides is 1. The van der Waals surface area contributed by atoms with Gasteiger partial charge < -0.3 is 16.0 Å². The Morgan fingerprint density at radius 1 is 1.24 bits per heavy atom. The van der Waals surface area contributed by atoms with Gasteiger partial charge in [-0.15, -0.1) is 0 Å². The summed E-state index contributed by atoms with van der Waals surface area (Å²) in [5.41, 5.74) is 2.94. The number of carbonyl (C=O) groups is 1. The fraction of sp³-hybridized carbons (Fsp3) is 0.176. The molecule has 0 aliphatic rings. The zero-order valence-electron chi connectivity index (χ0n) is 14.0. The van der Waals surface area contributed by atoms with Crippen LogP contribution in [0.15, 0.2) is 47.7 Å². The zero-order chi connectivity index (χ0) is 17.6. The van der Waals surface area contributed by atoms with Crippen LogP contribution in [0.1, 0.15) is 15.9 Å². The van der Waals surface area contributed by atoms with Crippen LogP contribution in [0.2, 0.25) is 0 Å². The van der Waals surface area contributed by atoms with Crippen LogP contribution >= 0.6 is 0 Å². The Labute approximate surface area is 144 Å². The van der Waals surface area contributed by atoms with Crippen LogP contribution in [0.25, 0.3) is 11.0 Å². The molecule has 8 heteroatoms. The molecule has 0 spiro atoms. The molecule has 1 aromatic carbocycles. The van der Waals surface area contributed by atoms with E-state index in [-0.39, 0.29) is 5.91 Å². The van der Waals surface area contributed by atoms with Gasteiger partial charge in [0.2, 0.25) is 0 Å². The standard InChI is InChI=1S/C17H19N7O/c1-18-17(19-2)21-9-11-3-5-12(6-4-11)16(25)23-14-7-8-20-15-13(14)10-22-24-15/h3-8,10H,9H2,1-2H3,(H2,18,19,21)(H2,20,22,23,24,25). The van der Waals surface area contributed by atoms with Gasteiger partial charge >= 0.3 is 0 Å². The number of nitrogens with one attached hydrogen (secondary N) is 4. The number of hydrogen-bond donors (Lipinski definition) is 4. The van der Waals surface area contributed by atoms with Gasteiger partial charge in [-0.3, -0.25) is 14.9 Å². The largest absolute Gasteiger partial charge is 0.359 e. The Kier molecular flexibility index (Phi) is 4.89. The number of aliphatic imine (C=N–C) groups is 1. The van der Waals surface area contributed by atoms with Gasteiger partial charge in [-0.25, -0.2) is 4.98 Å². The number of aromatic amines is 1. The second-order valence-electron chi connectivity index (χ2n) is 5.32. The lowest BCUT2D eigenvalue weighted by Crippen LogP contribution is -2.34. The molecule has 0 aliphatic heterocycles. The smallest absolute Gasteiger partial charge is 0.255 e. The predicted octanol–water partition coefficient (Wildman–Crippen LogP) is 1.50. The molecular weight excluding hydrogens is 318 g/mol. The highest BCUT2D eigenvalue weighted by Gasteiger charge is 2.10. The number of benzene rings is 1. The lowest BCUT2D eigenvalue weighted by molar-refractivity contribution is 0.102. The molecule has 3 rings (SSSR count). The van der Waals surface area contributed by atoms with Crippen molar-refractivity contribution in [1.29, 1.82) is 0 Å². The van der Waals surface area contributed by atoms with Gasteiger partial charge in [0.1, 0.15) is 0 Å². The Morgan fingerprint density at radius 2 is 2.04 bits per heavy atom. The van der Waals surface area contributed by atoms with Crippen molar-refractivity contribution in [2.45, 2.75) is 6.54 Å². The minimum absolute atomic E-state index is 0.181. The normalized spacial score (nSPS) is 11.4. The van der Waals surface area contributed by atoms with Crippen molar-refractivity contribution < 1.29 is 4.79 Å². The molecule has 8 nitrogen and oxygen atoms in total. The number of pyridine rings is 1. The fourth-order valence-corrected chi connectivity index (χ4v) is 2.39. The minimum Gasteiger partial charge on any atom is -0.359 e. The van der Waals surface area contributed by atoms with Crippen LogP contribution in [-0.4, -0.2) is 41.1 Å². The first kappa shape index (κ1) is 16.4. The summed E-state index contributed by atoms with van der Waals surface area (Å²) in [6, 6.07) is 9.15. The van der Waals surface area contributed by atoms with Crippen molar-refractivity contribution in [2.75, 3.05) is 19.4 Å². The second kappa shape index (κ2) is 7.43. The fourth-order valence-electron chi connectivity index (χ4n) is 2.39. The molecule has 2 heterocycles. The third-order valence-corrected chi connectivity index (χ3v) is 3.74. The monoisotopic (exact) mass is 337 g/mol. The van der Waals surface area contributed by atoms with Gasteiger partial charge in [0.15, 0.2) is 11.6 Å². The maximum Gasteiger partial charge on any atom is 0.255 e. The second-order valence-corrected chi connectivity index (χ2v) is 5.32. The van der Waals surface area contributed by atoms with Gasteiger partial charge in [0.05, 0.1) is 17.3 Å². The SMILES string of the molecule is C/N=C(/NC)NCc1ccc(C(=O)Nc2ccnc3[nH]ncc23)cc1. The maximum absolute atomic E-state index is 12.4. The molecule has 4 N–H and O–H groups in total. The number of anilines is 1. The Morgan fingerprint density at radius 3 is 2.76 bits per heavy atom. The zero-order valence-corrected chi connectivity index (χ0v) is 14.0.